The molecule has 0 radical (unpaired) electrons. The third-order valence-corrected chi connectivity index (χ3v) is 5.91. The molecule has 0 aliphatic carbocycles. The van der Waals surface area contributed by atoms with Gasteiger partial charge in [0.2, 0.25) is 0 Å². The molecule has 0 bridgehead atoms. The Bertz CT molecular complexity index is 1260. The highest BCUT2D eigenvalue weighted by atomic mass is 32.2. The van der Waals surface area contributed by atoms with E-state index in [9.17, 15) is 9.59 Å². The lowest BCUT2D eigenvalue weighted by molar-refractivity contribution is 0.538. The molecule has 0 atom stereocenters. The van der Waals surface area contributed by atoms with Crippen LogP contribution in [0.1, 0.15) is 16.8 Å². The van der Waals surface area contributed by atoms with Crippen LogP contribution < -0.4 is 11.2 Å². The van der Waals surface area contributed by atoms with Crippen molar-refractivity contribution in [2.24, 2.45) is 0 Å². The molecule has 2 aromatic carbocycles. The maximum absolute atomic E-state index is 13.3. The number of nitrogens with zero attached hydrogens (tertiary/aromatic N) is 1. The lowest BCUT2D eigenvalue weighted by atomic mass is 10.1. The van der Waals surface area contributed by atoms with Crippen molar-refractivity contribution in [2.45, 2.75) is 30.2 Å². The van der Waals surface area contributed by atoms with E-state index in [0.717, 1.165) is 16.2 Å². The molecule has 4 rings (SSSR count). The summed E-state index contributed by atoms with van der Waals surface area (Å²) in [5.74, 6) is 0. The van der Waals surface area contributed by atoms with Crippen LogP contribution in [0.15, 0.2) is 90.5 Å². The van der Waals surface area contributed by atoms with Crippen LogP contribution in [-0.4, -0.2) is 4.57 Å². The zero-order valence-corrected chi connectivity index (χ0v) is 16.5. The standard InChI is InChI=1S/C23H19NO3S/c1-15-13-19-20(22(25)24(15)14-17-9-5-3-6-10-17)16(2)21(23(26)27-19)28-18-11-7-4-8-12-18/h3-13H,14H2,1-2H3. The maximum atomic E-state index is 13.3. The van der Waals surface area contributed by atoms with Crippen molar-refractivity contribution >= 4 is 22.7 Å². The average molecular weight is 389 g/mol. The molecular weight excluding hydrogens is 370 g/mol. The molecule has 2 heterocycles. The summed E-state index contributed by atoms with van der Waals surface area (Å²) >= 11 is 1.32. The fourth-order valence-electron chi connectivity index (χ4n) is 3.27. The minimum Gasteiger partial charge on any atom is -0.422 e. The Morgan fingerprint density at radius 1 is 0.929 bits per heavy atom. The number of hydrogen-bond acceptors (Lipinski definition) is 4. The fourth-order valence-corrected chi connectivity index (χ4v) is 4.18. The number of rotatable bonds is 4. The van der Waals surface area contributed by atoms with E-state index in [1.807, 2.05) is 74.5 Å². The van der Waals surface area contributed by atoms with E-state index in [4.69, 9.17) is 4.42 Å². The molecule has 28 heavy (non-hydrogen) atoms. The van der Waals surface area contributed by atoms with Crippen LogP contribution in [0.5, 0.6) is 0 Å². The summed E-state index contributed by atoms with van der Waals surface area (Å²) in [6.07, 6.45) is 0. The molecule has 0 spiro atoms. The van der Waals surface area contributed by atoms with Crippen LogP contribution in [0, 0.1) is 13.8 Å². The quantitative estimate of drug-likeness (QED) is 0.504. The number of pyridine rings is 1. The second-order valence-corrected chi connectivity index (χ2v) is 7.74. The Balaban J connectivity index is 1.88. The van der Waals surface area contributed by atoms with E-state index < -0.39 is 5.63 Å². The van der Waals surface area contributed by atoms with E-state index in [-0.39, 0.29) is 5.56 Å². The van der Waals surface area contributed by atoms with Crippen LogP contribution in [0.3, 0.4) is 0 Å². The highest BCUT2D eigenvalue weighted by Crippen LogP contribution is 2.30. The molecule has 0 fully saturated rings. The van der Waals surface area contributed by atoms with Crippen molar-refractivity contribution in [2.75, 3.05) is 0 Å². The highest BCUT2D eigenvalue weighted by molar-refractivity contribution is 7.99. The Kier molecular flexibility index (Phi) is 4.92. The largest absolute Gasteiger partial charge is 0.422 e. The Hall–Kier alpha value is -3.05. The van der Waals surface area contributed by atoms with Crippen LogP contribution >= 0.6 is 11.8 Å². The lowest BCUT2D eigenvalue weighted by Gasteiger charge is -2.13. The van der Waals surface area contributed by atoms with Gasteiger partial charge in [0.05, 0.1) is 11.9 Å². The molecule has 140 valence electrons. The first kappa shape index (κ1) is 18.3. The predicted molar refractivity (Wildman–Crippen MR) is 112 cm³/mol. The molecule has 4 nitrogen and oxygen atoms in total. The SMILES string of the molecule is Cc1c(Sc2ccccc2)c(=O)oc2cc(C)n(Cc3ccccc3)c(=O)c12. The van der Waals surface area contributed by atoms with E-state index in [2.05, 4.69) is 0 Å². The molecule has 0 saturated heterocycles. The second-order valence-electron chi connectivity index (χ2n) is 6.66. The van der Waals surface area contributed by atoms with Gasteiger partial charge in [0.15, 0.2) is 0 Å². The van der Waals surface area contributed by atoms with Crippen LogP contribution in [0.25, 0.3) is 11.0 Å². The number of hydrogen-bond donors (Lipinski definition) is 0. The summed E-state index contributed by atoms with van der Waals surface area (Å²) in [6, 6.07) is 21.2. The maximum Gasteiger partial charge on any atom is 0.350 e. The summed E-state index contributed by atoms with van der Waals surface area (Å²) in [7, 11) is 0. The number of benzene rings is 2. The van der Waals surface area contributed by atoms with E-state index in [1.165, 1.54) is 11.8 Å². The molecular formula is C23H19NO3S. The first-order valence-corrected chi connectivity index (χ1v) is 9.81. The first-order chi connectivity index (χ1) is 13.5. The summed E-state index contributed by atoms with van der Waals surface area (Å²) < 4.78 is 7.25. The minimum absolute atomic E-state index is 0.144. The monoisotopic (exact) mass is 389 g/mol. The average Bonchev–Trinajstić information content (AvgIpc) is 2.69. The van der Waals surface area contributed by atoms with Gasteiger partial charge in [-0.05, 0) is 37.1 Å². The predicted octanol–water partition coefficient (Wildman–Crippen LogP) is 4.77. The Morgan fingerprint density at radius 3 is 2.25 bits per heavy atom. The van der Waals surface area contributed by atoms with Gasteiger partial charge in [-0.3, -0.25) is 4.79 Å². The second kappa shape index (κ2) is 7.52. The molecule has 0 amide bonds. The molecule has 0 saturated carbocycles. The van der Waals surface area contributed by atoms with Crippen molar-refractivity contribution in [3.05, 3.63) is 104 Å². The molecule has 5 heteroatoms. The summed E-state index contributed by atoms with van der Waals surface area (Å²) in [5, 5.41) is 0.458. The molecule has 0 N–H and O–H groups in total. The van der Waals surface area contributed by atoms with Crippen molar-refractivity contribution in [1.29, 1.82) is 0 Å². The zero-order chi connectivity index (χ0) is 19.7. The molecule has 4 aromatic rings. The molecule has 0 aliphatic rings. The lowest BCUT2D eigenvalue weighted by Crippen LogP contribution is -2.24. The van der Waals surface area contributed by atoms with Crippen LogP contribution in [-0.2, 0) is 6.54 Å². The van der Waals surface area contributed by atoms with Gasteiger partial charge >= 0.3 is 5.63 Å². The Morgan fingerprint density at radius 2 is 1.57 bits per heavy atom. The van der Waals surface area contributed by atoms with Gasteiger partial charge in [-0.25, -0.2) is 4.79 Å². The van der Waals surface area contributed by atoms with E-state index in [0.29, 0.717) is 28.0 Å². The number of aromatic nitrogens is 1. The fraction of sp³-hybridized carbons (Fsp3) is 0.130. The molecule has 0 aliphatic heterocycles. The van der Waals surface area contributed by atoms with Crippen molar-refractivity contribution in [3.8, 4) is 0 Å². The summed E-state index contributed by atoms with van der Waals surface area (Å²) in [6.45, 7) is 4.14. The van der Waals surface area contributed by atoms with Gasteiger partial charge in [0.1, 0.15) is 10.5 Å². The number of aryl methyl sites for hydroxylation is 2. The van der Waals surface area contributed by atoms with Gasteiger partial charge in [0.25, 0.3) is 5.56 Å². The van der Waals surface area contributed by atoms with Gasteiger partial charge in [-0.15, -0.1) is 0 Å². The summed E-state index contributed by atoms with van der Waals surface area (Å²) in [5.41, 5.74) is 2.24. The topological polar surface area (TPSA) is 52.2 Å². The summed E-state index contributed by atoms with van der Waals surface area (Å²) in [4.78, 5) is 27.2. The molecule has 2 aromatic heterocycles. The number of fused-ring (bicyclic) bond motifs is 1. The van der Waals surface area contributed by atoms with Crippen LogP contribution in [0.2, 0.25) is 0 Å². The van der Waals surface area contributed by atoms with Crippen LogP contribution in [0.4, 0.5) is 0 Å². The smallest absolute Gasteiger partial charge is 0.350 e. The van der Waals surface area contributed by atoms with E-state index in [1.54, 1.807) is 10.6 Å². The van der Waals surface area contributed by atoms with Gasteiger partial charge in [0, 0.05) is 16.7 Å². The van der Waals surface area contributed by atoms with Crippen molar-refractivity contribution in [3.63, 3.8) is 0 Å². The van der Waals surface area contributed by atoms with Gasteiger partial charge in [-0.1, -0.05) is 60.3 Å². The van der Waals surface area contributed by atoms with Crippen molar-refractivity contribution in [1.82, 2.24) is 4.57 Å². The van der Waals surface area contributed by atoms with Gasteiger partial charge in [-0.2, -0.15) is 0 Å². The Labute approximate surface area is 166 Å². The van der Waals surface area contributed by atoms with E-state index >= 15 is 0 Å². The third kappa shape index (κ3) is 3.41. The first-order valence-electron chi connectivity index (χ1n) is 8.99. The molecule has 0 unspecified atom stereocenters. The minimum atomic E-state index is -0.418. The van der Waals surface area contributed by atoms with Crippen molar-refractivity contribution < 1.29 is 4.42 Å². The normalized spacial score (nSPS) is 11.1. The highest BCUT2D eigenvalue weighted by Gasteiger charge is 2.18. The third-order valence-electron chi connectivity index (χ3n) is 4.72. The zero-order valence-electron chi connectivity index (χ0n) is 15.6. The van der Waals surface area contributed by atoms with Gasteiger partial charge < -0.3 is 8.98 Å².